The van der Waals surface area contributed by atoms with Gasteiger partial charge in [-0.25, -0.2) is 4.79 Å². The van der Waals surface area contributed by atoms with Gasteiger partial charge in [0.1, 0.15) is 12.7 Å². The van der Waals surface area contributed by atoms with E-state index in [1.165, 1.54) is 41.9 Å². The molecule has 0 saturated carbocycles. The average Bonchev–Trinajstić information content (AvgIpc) is 3.14. The van der Waals surface area contributed by atoms with Gasteiger partial charge in [-0.15, -0.1) is 11.3 Å². The number of hydrogen-bond acceptors (Lipinski definition) is 5. The predicted octanol–water partition coefficient (Wildman–Crippen LogP) is 5.33. The Morgan fingerprint density at radius 3 is 2.70 bits per heavy atom. The molecule has 0 bridgehead atoms. The lowest BCUT2D eigenvalue weighted by Gasteiger charge is -2.15. The van der Waals surface area contributed by atoms with Crippen LogP contribution in [0.1, 0.15) is 33.2 Å². The number of aromatic nitrogens is 1. The van der Waals surface area contributed by atoms with E-state index in [-0.39, 0.29) is 17.7 Å². The number of hydrogen-bond donors (Lipinski definition) is 1. The molecule has 0 radical (unpaired) electrons. The van der Waals surface area contributed by atoms with Crippen molar-refractivity contribution in [2.24, 2.45) is 0 Å². The molecule has 0 amide bonds. The van der Waals surface area contributed by atoms with Crippen molar-refractivity contribution in [3.8, 4) is 0 Å². The number of halogens is 3. The summed E-state index contributed by atoms with van der Waals surface area (Å²) in [5.74, 6) is -0.823. The fraction of sp³-hybridized carbons (Fsp3) is 0.182. The molecule has 1 unspecified atom stereocenters. The van der Waals surface area contributed by atoms with E-state index >= 15 is 0 Å². The molecule has 1 aromatic carbocycles. The van der Waals surface area contributed by atoms with Crippen LogP contribution in [0.4, 0.5) is 13.2 Å². The minimum atomic E-state index is -4.49. The van der Waals surface area contributed by atoms with Crippen LogP contribution in [0, 0.1) is 6.92 Å². The summed E-state index contributed by atoms with van der Waals surface area (Å²) in [4.78, 5) is 17.5. The highest BCUT2D eigenvalue weighted by atomic mass is 32.1. The van der Waals surface area contributed by atoms with Gasteiger partial charge in [0.15, 0.2) is 0 Å². The number of aryl methyl sites for hydroxylation is 1. The molecule has 8 heteroatoms. The normalized spacial score (nSPS) is 13.2. The quantitative estimate of drug-likeness (QED) is 0.422. The Kier molecular flexibility index (Phi) is 6.69. The van der Waals surface area contributed by atoms with Crippen molar-refractivity contribution in [3.05, 3.63) is 92.9 Å². The van der Waals surface area contributed by atoms with Gasteiger partial charge in [0.2, 0.25) is 0 Å². The monoisotopic (exact) mass is 433 g/mol. The van der Waals surface area contributed by atoms with Crippen molar-refractivity contribution in [2.75, 3.05) is 0 Å². The zero-order valence-electron chi connectivity index (χ0n) is 15.9. The topological polar surface area (TPSA) is 59.4 Å². The van der Waals surface area contributed by atoms with E-state index in [0.29, 0.717) is 5.56 Å². The molecule has 2 heterocycles. The van der Waals surface area contributed by atoms with E-state index in [2.05, 4.69) is 4.98 Å². The smallest absolute Gasteiger partial charge is 0.416 e. The largest absolute Gasteiger partial charge is 0.457 e. The molecule has 0 fully saturated rings. The molecule has 0 aliphatic carbocycles. The zero-order chi connectivity index (χ0) is 21.7. The lowest BCUT2D eigenvalue weighted by molar-refractivity contribution is -0.141. The molecule has 30 heavy (non-hydrogen) atoms. The highest BCUT2D eigenvalue weighted by molar-refractivity contribution is 7.11. The second kappa shape index (κ2) is 9.23. The third kappa shape index (κ3) is 5.34. The molecule has 1 N–H and O–H groups in total. The summed E-state index contributed by atoms with van der Waals surface area (Å²) >= 11 is 1.39. The maximum absolute atomic E-state index is 12.9. The second-order valence-corrected chi connectivity index (χ2v) is 7.48. The number of alkyl halides is 3. The minimum absolute atomic E-state index is 0.0273. The van der Waals surface area contributed by atoms with E-state index < -0.39 is 23.8 Å². The van der Waals surface area contributed by atoms with E-state index in [0.717, 1.165) is 22.6 Å². The molecule has 2 aromatic heterocycles. The van der Waals surface area contributed by atoms with Crippen molar-refractivity contribution in [3.63, 3.8) is 0 Å². The van der Waals surface area contributed by atoms with Crippen LogP contribution in [0.2, 0.25) is 0 Å². The number of rotatable bonds is 6. The van der Waals surface area contributed by atoms with Gasteiger partial charge in [0, 0.05) is 22.8 Å². The Hall–Kier alpha value is -2.97. The third-order valence-electron chi connectivity index (χ3n) is 4.34. The number of aliphatic hydroxyl groups excluding tert-OH is 1. The Balaban J connectivity index is 1.84. The maximum Gasteiger partial charge on any atom is 0.416 e. The van der Waals surface area contributed by atoms with Crippen LogP contribution in [0.5, 0.6) is 0 Å². The Labute approximate surface area is 175 Å². The summed E-state index contributed by atoms with van der Waals surface area (Å²) in [7, 11) is 0. The van der Waals surface area contributed by atoms with E-state index in [4.69, 9.17) is 4.74 Å². The van der Waals surface area contributed by atoms with Gasteiger partial charge in [0.05, 0.1) is 11.1 Å². The van der Waals surface area contributed by atoms with Gasteiger partial charge in [-0.2, -0.15) is 13.2 Å². The van der Waals surface area contributed by atoms with Crippen molar-refractivity contribution in [2.45, 2.75) is 25.8 Å². The number of benzene rings is 1. The summed E-state index contributed by atoms with van der Waals surface area (Å²) in [6.07, 6.45) is -1.28. The lowest BCUT2D eigenvalue weighted by Crippen LogP contribution is -2.15. The molecule has 0 aliphatic heterocycles. The van der Waals surface area contributed by atoms with Crippen molar-refractivity contribution in [1.29, 1.82) is 0 Å². The Morgan fingerprint density at radius 1 is 1.27 bits per heavy atom. The summed E-state index contributed by atoms with van der Waals surface area (Å²) in [6, 6.07) is 9.68. The molecule has 3 aromatic rings. The molecular weight excluding hydrogens is 415 g/mol. The first kappa shape index (κ1) is 21.7. The van der Waals surface area contributed by atoms with E-state index in [9.17, 15) is 23.1 Å². The number of esters is 1. The second-order valence-electron chi connectivity index (χ2n) is 6.53. The number of thiophene rings is 1. The fourth-order valence-corrected chi connectivity index (χ4v) is 3.58. The SMILES string of the molecule is Cc1ccsc1C=C(C(=O)OCc1cccc(C(F)(F)F)c1)C(O)c1cccnc1. The third-order valence-corrected chi connectivity index (χ3v) is 5.31. The zero-order valence-corrected chi connectivity index (χ0v) is 16.7. The number of nitrogens with zero attached hydrogens (tertiary/aromatic N) is 1. The first-order valence-corrected chi connectivity index (χ1v) is 9.80. The molecule has 3 rings (SSSR count). The molecular formula is C22H18F3NO3S. The number of pyridine rings is 1. The van der Waals surface area contributed by atoms with Crippen molar-refractivity contribution < 1.29 is 27.8 Å². The summed E-state index contributed by atoms with van der Waals surface area (Å²) in [5.41, 5.74) is 0.660. The van der Waals surface area contributed by atoms with E-state index in [1.54, 1.807) is 12.1 Å². The van der Waals surface area contributed by atoms with Crippen LogP contribution in [-0.2, 0) is 22.3 Å². The van der Waals surface area contributed by atoms with Crippen LogP contribution >= 0.6 is 11.3 Å². The first-order chi connectivity index (χ1) is 14.3. The lowest BCUT2D eigenvalue weighted by atomic mass is 10.0. The average molecular weight is 433 g/mol. The fourth-order valence-electron chi connectivity index (χ4n) is 2.71. The van der Waals surface area contributed by atoms with Gasteiger partial charge >= 0.3 is 12.1 Å². The predicted molar refractivity (Wildman–Crippen MR) is 107 cm³/mol. The van der Waals surface area contributed by atoms with E-state index in [1.807, 2.05) is 18.4 Å². The first-order valence-electron chi connectivity index (χ1n) is 8.92. The van der Waals surface area contributed by atoms with Crippen LogP contribution < -0.4 is 0 Å². The van der Waals surface area contributed by atoms with Gasteiger partial charge in [-0.05, 0) is 53.8 Å². The van der Waals surface area contributed by atoms with Crippen molar-refractivity contribution >= 4 is 23.4 Å². The van der Waals surface area contributed by atoms with Gasteiger partial charge in [-0.3, -0.25) is 4.98 Å². The number of ether oxygens (including phenoxy) is 1. The molecule has 0 saturated heterocycles. The highest BCUT2D eigenvalue weighted by Crippen LogP contribution is 2.30. The maximum atomic E-state index is 12.9. The van der Waals surface area contributed by atoms with Crippen LogP contribution in [0.15, 0.2) is 65.8 Å². The Morgan fingerprint density at radius 2 is 2.07 bits per heavy atom. The van der Waals surface area contributed by atoms with Crippen molar-refractivity contribution in [1.82, 2.24) is 4.98 Å². The van der Waals surface area contributed by atoms with Crippen LogP contribution in [-0.4, -0.2) is 16.1 Å². The van der Waals surface area contributed by atoms with Gasteiger partial charge in [-0.1, -0.05) is 18.2 Å². The molecule has 4 nitrogen and oxygen atoms in total. The Bertz CT molecular complexity index is 1050. The summed E-state index contributed by atoms with van der Waals surface area (Å²) in [5, 5.41) is 12.6. The highest BCUT2D eigenvalue weighted by Gasteiger charge is 2.30. The molecule has 1 atom stereocenters. The molecule has 0 aliphatic rings. The standard InChI is InChI=1S/C22H18F3NO3S/c1-14-7-9-30-19(14)11-18(20(27)16-5-3-8-26-12-16)21(28)29-13-15-4-2-6-17(10-15)22(23,24)25/h2-12,20,27H,13H2,1H3. The molecule has 0 spiro atoms. The van der Waals surface area contributed by atoms with Gasteiger partial charge < -0.3 is 9.84 Å². The van der Waals surface area contributed by atoms with Crippen LogP contribution in [0.3, 0.4) is 0 Å². The number of carbonyl (C=O) groups excluding carboxylic acids is 1. The summed E-state index contributed by atoms with van der Waals surface area (Å²) in [6.45, 7) is 1.51. The minimum Gasteiger partial charge on any atom is -0.457 e. The van der Waals surface area contributed by atoms with Crippen LogP contribution in [0.25, 0.3) is 6.08 Å². The summed E-state index contributed by atoms with van der Waals surface area (Å²) < 4.78 is 43.9. The number of carbonyl (C=O) groups is 1. The number of aliphatic hydroxyl groups is 1. The molecule has 156 valence electrons. The van der Waals surface area contributed by atoms with Gasteiger partial charge in [0.25, 0.3) is 0 Å².